The van der Waals surface area contributed by atoms with E-state index in [0.29, 0.717) is 25.0 Å². The second-order valence-electron chi connectivity index (χ2n) is 12.3. The summed E-state index contributed by atoms with van der Waals surface area (Å²) in [4.78, 5) is 74.6. The lowest BCUT2D eigenvalue weighted by molar-refractivity contribution is -0.266. The van der Waals surface area contributed by atoms with Crippen molar-refractivity contribution in [3.8, 4) is 0 Å². The standard InChI is InChI=1S/C32H44F3N7O6/c1-6-19(4)25(28(45)40-24(18(2)3)29(46)42-14-10-13-23(42)26(36)43)41-27(44)22(15-21-16-37-17-38-21)39-30(47)31(48-5,32(33,34)35)20-11-8-7-9-12-20/h7-9,11-12,16-19,22-25H,6,10,13-15H2,1-5H3,(H2,36,43)(H,37,38)(H,39,47)(H,40,45)(H,41,44)/t19-,22-,23-,24-,25-,31-/m0/s1. The molecule has 0 aliphatic carbocycles. The van der Waals surface area contributed by atoms with Gasteiger partial charge in [0.2, 0.25) is 23.6 Å². The Labute approximate surface area is 276 Å². The molecular weight excluding hydrogens is 635 g/mol. The van der Waals surface area contributed by atoms with Gasteiger partial charge in [-0.3, -0.25) is 24.0 Å². The maximum atomic E-state index is 14.6. The van der Waals surface area contributed by atoms with Crippen molar-refractivity contribution in [3.05, 3.63) is 54.1 Å². The largest absolute Gasteiger partial charge is 0.430 e. The van der Waals surface area contributed by atoms with Gasteiger partial charge < -0.3 is 36.3 Å². The molecule has 3 rings (SSSR count). The number of H-pyrrole nitrogens is 1. The number of imidazole rings is 1. The van der Waals surface area contributed by atoms with E-state index < -0.39 is 82.9 Å². The fourth-order valence-corrected chi connectivity index (χ4v) is 5.73. The lowest BCUT2D eigenvalue weighted by atomic mass is 9.91. The number of aromatic amines is 1. The van der Waals surface area contributed by atoms with Gasteiger partial charge in [0.1, 0.15) is 24.2 Å². The van der Waals surface area contributed by atoms with E-state index in [-0.39, 0.29) is 13.0 Å². The molecule has 1 aliphatic rings. The van der Waals surface area contributed by atoms with Crippen molar-refractivity contribution < 1.29 is 41.9 Å². The molecule has 6 N–H and O–H groups in total. The highest BCUT2D eigenvalue weighted by molar-refractivity contribution is 5.97. The normalized spacial score (nSPS) is 18.7. The number of hydrogen-bond donors (Lipinski definition) is 5. The number of ether oxygens (including phenoxy) is 1. The number of nitrogens with two attached hydrogens (primary N) is 1. The van der Waals surface area contributed by atoms with Crippen LogP contribution in [0.1, 0.15) is 58.2 Å². The molecule has 13 nitrogen and oxygen atoms in total. The third-order valence-corrected chi connectivity index (χ3v) is 8.69. The lowest BCUT2D eigenvalue weighted by Crippen LogP contribution is -2.63. The van der Waals surface area contributed by atoms with Crippen LogP contribution in [-0.4, -0.2) is 88.4 Å². The minimum Gasteiger partial charge on any atom is -0.368 e. The highest BCUT2D eigenvalue weighted by atomic mass is 19.4. The number of rotatable bonds is 15. The topological polar surface area (TPSA) is 189 Å². The van der Waals surface area contributed by atoms with Crippen molar-refractivity contribution in [2.24, 2.45) is 17.6 Å². The average Bonchev–Trinajstić information content (AvgIpc) is 3.74. The number of amides is 5. The lowest BCUT2D eigenvalue weighted by Gasteiger charge is -2.35. The summed E-state index contributed by atoms with van der Waals surface area (Å²) < 4.78 is 48.8. The Kier molecular flexibility index (Phi) is 12.7. The molecule has 6 atom stereocenters. The van der Waals surface area contributed by atoms with Gasteiger partial charge in [-0.05, 0) is 24.7 Å². The zero-order valence-electron chi connectivity index (χ0n) is 27.6. The number of alkyl halides is 3. The van der Waals surface area contributed by atoms with E-state index in [9.17, 15) is 37.1 Å². The van der Waals surface area contributed by atoms with Crippen LogP contribution in [0.3, 0.4) is 0 Å². The van der Waals surface area contributed by atoms with Crippen LogP contribution >= 0.6 is 0 Å². The van der Waals surface area contributed by atoms with E-state index in [0.717, 1.165) is 19.2 Å². The van der Waals surface area contributed by atoms with Crippen LogP contribution in [0, 0.1) is 11.8 Å². The number of carbonyl (C=O) groups is 5. The molecule has 16 heteroatoms. The molecule has 5 amide bonds. The number of carbonyl (C=O) groups excluding carboxylic acids is 5. The Morgan fingerprint density at radius 2 is 1.69 bits per heavy atom. The molecule has 0 unspecified atom stereocenters. The summed E-state index contributed by atoms with van der Waals surface area (Å²) in [7, 11) is 0.744. The van der Waals surface area contributed by atoms with Crippen molar-refractivity contribution in [2.75, 3.05) is 13.7 Å². The van der Waals surface area contributed by atoms with Crippen molar-refractivity contribution in [3.63, 3.8) is 0 Å². The van der Waals surface area contributed by atoms with Gasteiger partial charge in [-0.2, -0.15) is 13.2 Å². The number of benzene rings is 1. The summed E-state index contributed by atoms with van der Waals surface area (Å²) in [5, 5.41) is 7.50. The molecule has 48 heavy (non-hydrogen) atoms. The zero-order valence-corrected chi connectivity index (χ0v) is 27.6. The van der Waals surface area contributed by atoms with Crippen LogP contribution in [0.5, 0.6) is 0 Å². The monoisotopic (exact) mass is 679 g/mol. The number of nitrogens with one attached hydrogen (secondary N) is 4. The van der Waals surface area contributed by atoms with Crippen molar-refractivity contribution in [2.45, 2.75) is 89.3 Å². The number of primary amides is 1. The molecule has 264 valence electrons. The summed E-state index contributed by atoms with van der Waals surface area (Å²) >= 11 is 0. The van der Waals surface area contributed by atoms with Crippen LogP contribution in [0.15, 0.2) is 42.9 Å². The first-order valence-electron chi connectivity index (χ1n) is 15.7. The quantitative estimate of drug-likeness (QED) is 0.189. The Morgan fingerprint density at radius 3 is 2.21 bits per heavy atom. The third kappa shape index (κ3) is 8.32. The maximum Gasteiger partial charge on any atom is 0.430 e. The predicted octanol–water partition coefficient (Wildman–Crippen LogP) is 1.69. The van der Waals surface area contributed by atoms with E-state index in [1.807, 2.05) is 0 Å². The zero-order chi connectivity index (χ0) is 35.8. The van der Waals surface area contributed by atoms with Gasteiger partial charge in [0, 0.05) is 37.5 Å². The molecule has 1 aliphatic heterocycles. The number of nitrogens with zero attached hydrogens (tertiary/aromatic N) is 2. The summed E-state index contributed by atoms with van der Waals surface area (Å²) in [5.74, 6) is -5.41. The number of methoxy groups -OCH3 is 1. The molecule has 0 radical (unpaired) electrons. The van der Waals surface area contributed by atoms with Crippen molar-refractivity contribution in [1.82, 2.24) is 30.8 Å². The van der Waals surface area contributed by atoms with E-state index in [2.05, 4.69) is 25.9 Å². The highest BCUT2D eigenvalue weighted by Crippen LogP contribution is 2.42. The van der Waals surface area contributed by atoms with Gasteiger partial charge in [-0.25, -0.2) is 4.98 Å². The fourth-order valence-electron chi connectivity index (χ4n) is 5.73. The summed E-state index contributed by atoms with van der Waals surface area (Å²) in [5.41, 5.74) is 1.84. The summed E-state index contributed by atoms with van der Waals surface area (Å²) in [6.45, 7) is 7.15. The minimum atomic E-state index is -5.23. The van der Waals surface area contributed by atoms with Gasteiger partial charge >= 0.3 is 6.18 Å². The molecule has 0 saturated carbocycles. The van der Waals surface area contributed by atoms with Crippen LogP contribution in [0.4, 0.5) is 13.2 Å². The van der Waals surface area contributed by atoms with Gasteiger partial charge in [0.15, 0.2) is 0 Å². The van der Waals surface area contributed by atoms with Crippen molar-refractivity contribution >= 4 is 29.5 Å². The highest BCUT2D eigenvalue weighted by Gasteiger charge is 2.63. The Balaban J connectivity index is 1.92. The molecule has 2 heterocycles. The van der Waals surface area contributed by atoms with Gasteiger partial charge in [0.25, 0.3) is 11.5 Å². The van der Waals surface area contributed by atoms with Crippen molar-refractivity contribution in [1.29, 1.82) is 0 Å². The fraction of sp³-hybridized carbons (Fsp3) is 0.562. The first kappa shape index (κ1) is 38.0. The smallest absolute Gasteiger partial charge is 0.368 e. The maximum absolute atomic E-state index is 14.6. The molecule has 2 aromatic rings. The van der Waals surface area contributed by atoms with Crippen LogP contribution < -0.4 is 21.7 Å². The van der Waals surface area contributed by atoms with Crippen LogP contribution in [0.25, 0.3) is 0 Å². The molecular formula is C32H44F3N7O6. The summed E-state index contributed by atoms with van der Waals surface area (Å²) in [6.07, 6.45) is -1.55. The van der Waals surface area contributed by atoms with E-state index in [1.54, 1.807) is 27.7 Å². The number of aromatic nitrogens is 2. The first-order chi connectivity index (χ1) is 22.6. The second kappa shape index (κ2) is 16.1. The first-order valence-corrected chi connectivity index (χ1v) is 15.7. The third-order valence-electron chi connectivity index (χ3n) is 8.69. The molecule has 1 fully saturated rings. The predicted molar refractivity (Wildman–Crippen MR) is 167 cm³/mol. The van der Waals surface area contributed by atoms with Crippen LogP contribution in [0.2, 0.25) is 0 Å². The van der Waals surface area contributed by atoms with Gasteiger partial charge in [-0.1, -0.05) is 64.4 Å². The SMILES string of the molecule is CC[C@H](C)[C@H](NC(=O)[C@H](Cc1cnc[nH]1)NC(=O)[C@@](OC)(c1ccccc1)C(F)(F)F)C(=O)N[C@H](C(=O)N1CCC[C@H]1C(N)=O)C(C)C. The van der Waals surface area contributed by atoms with E-state index >= 15 is 0 Å². The van der Waals surface area contributed by atoms with Crippen LogP contribution in [-0.2, 0) is 40.7 Å². The van der Waals surface area contributed by atoms with Gasteiger partial charge in [0.05, 0.1) is 6.33 Å². The minimum absolute atomic E-state index is 0.288. The Bertz CT molecular complexity index is 1420. The molecule has 1 aromatic heterocycles. The summed E-state index contributed by atoms with van der Waals surface area (Å²) in [6, 6.07) is 1.53. The average molecular weight is 680 g/mol. The number of hydrogen-bond acceptors (Lipinski definition) is 7. The molecule has 0 bridgehead atoms. The molecule has 0 spiro atoms. The Morgan fingerprint density at radius 1 is 1.04 bits per heavy atom. The molecule has 1 aromatic carbocycles. The Hall–Kier alpha value is -4.47. The molecule has 1 saturated heterocycles. The van der Waals surface area contributed by atoms with Gasteiger partial charge in [-0.15, -0.1) is 0 Å². The number of halogens is 3. The number of likely N-dealkylation sites (tertiary alicyclic amines) is 1. The second-order valence-corrected chi connectivity index (χ2v) is 12.3. The van der Waals surface area contributed by atoms with E-state index in [4.69, 9.17) is 10.5 Å². The van der Waals surface area contributed by atoms with E-state index in [1.165, 1.54) is 35.6 Å².